The SMILES string of the molecule is C1=CCCC(n2c3ccccc3c3cc(-c4ccc5c(c4)c4cc(-c6ccc7c(c6)c6c(n7-c7ccccc7)CCC=C6)ccc4n5-c4ccccc4)ccc32)=C1. The quantitative estimate of drug-likeness (QED) is 0.168. The van der Waals surface area contributed by atoms with E-state index < -0.39 is 0 Å². The highest BCUT2D eigenvalue weighted by molar-refractivity contribution is 6.14. The second kappa shape index (κ2) is 12.7. The zero-order chi connectivity index (χ0) is 37.5. The van der Waals surface area contributed by atoms with Gasteiger partial charge in [0.25, 0.3) is 0 Å². The molecule has 0 N–H and O–H groups in total. The molecule has 57 heavy (non-hydrogen) atoms. The third-order valence-electron chi connectivity index (χ3n) is 12.4. The van der Waals surface area contributed by atoms with Crippen molar-refractivity contribution in [2.45, 2.75) is 25.7 Å². The first-order chi connectivity index (χ1) is 28.3. The standard InChI is InChI=1S/C54H39N3/c1-4-14-40(15-5-1)55-49-22-12-10-20-43(49)45-32-36(24-28-51(45)55)38-26-30-53-47(34-38)48-35-39(27-31-54(48)57(53)42-18-8-3-9-19-42)37-25-29-52-46(33-37)44-21-11-13-23-50(44)56(52)41-16-6-2-7-17-41/h1-6,8-11,13-16,18-21,23-35H,7,12,17,22H2. The maximum Gasteiger partial charge on any atom is 0.0541 e. The molecular weight excluding hydrogens is 691 g/mol. The molecule has 3 heterocycles. The van der Waals surface area contributed by atoms with Crippen molar-refractivity contribution in [1.82, 2.24) is 13.7 Å². The van der Waals surface area contributed by atoms with Crippen LogP contribution in [0.2, 0.25) is 0 Å². The first-order valence-electron chi connectivity index (χ1n) is 20.2. The van der Waals surface area contributed by atoms with Crippen LogP contribution in [-0.4, -0.2) is 13.7 Å². The zero-order valence-corrected chi connectivity index (χ0v) is 31.6. The fraction of sp³-hybridized carbons (Fsp3) is 0.0741. The summed E-state index contributed by atoms with van der Waals surface area (Å²) in [7, 11) is 0. The van der Waals surface area contributed by atoms with Crippen LogP contribution in [0.25, 0.3) is 99.9 Å². The fourth-order valence-electron chi connectivity index (χ4n) is 9.75. The topological polar surface area (TPSA) is 14.8 Å². The van der Waals surface area contributed by atoms with Crippen molar-refractivity contribution in [2.24, 2.45) is 0 Å². The Labute approximate surface area is 331 Å². The van der Waals surface area contributed by atoms with Gasteiger partial charge in [-0.05, 0) is 133 Å². The molecule has 0 bridgehead atoms. The predicted octanol–water partition coefficient (Wildman–Crippen LogP) is 14.3. The molecule has 0 spiro atoms. The highest BCUT2D eigenvalue weighted by Crippen LogP contribution is 2.41. The van der Waals surface area contributed by atoms with Crippen molar-refractivity contribution in [3.63, 3.8) is 0 Å². The minimum Gasteiger partial charge on any atom is -0.313 e. The lowest BCUT2D eigenvalue weighted by atomic mass is 9.97. The van der Waals surface area contributed by atoms with Gasteiger partial charge in [0.1, 0.15) is 0 Å². The van der Waals surface area contributed by atoms with E-state index in [-0.39, 0.29) is 0 Å². The van der Waals surface area contributed by atoms with Gasteiger partial charge >= 0.3 is 0 Å². The fourth-order valence-corrected chi connectivity index (χ4v) is 9.75. The van der Waals surface area contributed by atoms with E-state index in [9.17, 15) is 0 Å². The van der Waals surface area contributed by atoms with Crippen molar-refractivity contribution in [3.05, 3.63) is 193 Å². The van der Waals surface area contributed by atoms with Gasteiger partial charge in [-0.2, -0.15) is 0 Å². The van der Waals surface area contributed by atoms with Gasteiger partial charge in [-0.25, -0.2) is 0 Å². The number of rotatable bonds is 5. The van der Waals surface area contributed by atoms with Crippen molar-refractivity contribution >= 4 is 66.3 Å². The van der Waals surface area contributed by atoms with Crippen LogP contribution in [0.5, 0.6) is 0 Å². The lowest BCUT2D eigenvalue weighted by Gasteiger charge is -2.14. The highest BCUT2D eigenvalue weighted by Gasteiger charge is 2.21. The molecular formula is C54H39N3. The molecule has 0 aliphatic heterocycles. The molecule has 270 valence electrons. The largest absolute Gasteiger partial charge is 0.313 e. The summed E-state index contributed by atoms with van der Waals surface area (Å²) in [5.74, 6) is 0. The summed E-state index contributed by atoms with van der Waals surface area (Å²) in [6.07, 6.45) is 15.6. The summed E-state index contributed by atoms with van der Waals surface area (Å²) >= 11 is 0. The maximum absolute atomic E-state index is 2.47. The lowest BCUT2D eigenvalue weighted by molar-refractivity contribution is 0.888. The summed E-state index contributed by atoms with van der Waals surface area (Å²) in [4.78, 5) is 0. The van der Waals surface area contributed by atoms with Gasteiger partial charge < -0.3 is 13.7 Å². The summed E-state index contributed by atoms with van der Waals surface area (Å²) in [5.41, 5.74) is 17.6. The number of hydrogen-bond acceptors (Lipinski definition) is 0. The number of hydrogen-bond donors (Lipinski definition) is 0. The third kappa shape index (κ3) is 4.98. The molecule has 2 aliphatic rings. The van der Waals surface area contributed by atoms with Crippen LogP contribution in [0.1, 0.15) is 30.5 Å². The molecule has 0 saturated heterocycles. The Morgan fingerprint density at radius 1 is 0.368 bits per heavy atom. The Hall–Kier alpha value is -7.10. The summed E-state index contributed by atoms with van der Waals surface area (Å²) < 4.78 is 7.36. The van der Waals surface area contributed by atoms with E-state index in [1.807, 2.05) is 0 Å². The first kappa shape index (κ1) is 32.2. The maximum atomic E-state index is 2.47. The van der Waals surface area contributed by atoms with Crippen molar-refractivity contribution < 1.29 is 0 Å². The summed E-state index contributed by atoms with van der Waals surface area (Å²) in [5, 5.41) is 6.41. The second-order valence-corrected chi connectivity index (χ2v) is 15.5. The lowest BCUT2D eigenvalue weighted by Crippen LogP contribution is -2.02. The number of fused-ring (bicyclic) bond motifs is 9. The minimum absolute atomic E-state index is 1.04. The van der Waals surface area contributed by atoms with Crippen LogP contribution in [-0.2, 0) is 6.42 Å². The monoisotopic (exact) mass is 729 g/mol. The molecule has 10 aromatic rings. The average Bonchev–Trinajstić information content (AvgIpc) is 3.92. The zero-order valence-electron chi connectivity index (χ0n) is 31.6. The van der Waals surface area contributed by atoms with Crippen molar-refractivity contribution in [1.29, 1.82) is 0 Å². The van der Waals surface area contributed by atoms with Crippen LogP contribution < -0.4 is 0 Å². The van der Waals surface area contributed by atoms with Gasteiger partial charge in [0.05, 0.1) is 27.6 Å². The van der Waals surface area contributed by atoms with Crippen LogP contribution in [0.3, 0.4) is 0 Å². The van der Waals surface area contributed by atoms with Gasteiger partial charge in [0.15, 0.2) is 0 Å². The Bertz CT molecular complexity index is 3330. The van der Waals surface area contributed by atoms with Crippen molar-refractivity contribution in [3.8, 4) is 33.6 Å². The summed E-state index contributed by atoms with van der Waals surface area (Å²) in [6, 6.07) is 58.6. The summed E-state index contributed by atoms with van der Waals surface area (Å²) in [6.45, 7) is 0. The van der Waals surface area contributed by atoms with Gasteiger partial charge in [-0.15, -0.1) is 0 Å². The van der Waals surface area contributed by atoms with E-state index in [0.29, 0.717) is 0 Å². The molecule has 7 aromatic carbocycles. The van der Waals surface area contributed by atoms with Crippen LogP contribution in [0.4, 0.5) is 0 Å². The molecule has 0 radical (unpaired) electrons. The normalized spacial score (nSPS) is 14.0. The molecule has 0 atom stereocenters. The molecule has 3 nitrogen and oxygen atoms in total. The van der Waals surface area contributed by atoms with E-state index in [1.165, 1.54) is 105 Å². The van der Waals surface area contributed by atoms with Crippen LogP contribution in [0, 0.1) is 0 Å². The number of benzene rings is 7. The first-order valence-corrected chi connectivity index (χ1v) is 20.2. The van der Waals surface area contributed by atoms with Crippen molar-refractivity contribution in [2.75, 3.05) is 0 Å². The van der Waals surface area contributed by atoms with E-state index in [2.05, 4.69) is 202 Å². The third-order valence-corrected chi connectivity index (χ3v) is 12.4. The molecule has 0 amide bonds. The molecule has 2 aliphatic carbocycles. The minimum atomic E-state index is 1.04. The van der Waals surface area contributed by atoms with Crippen LogP contribution in [0.15, 0.2) is 182 Å². The predicted molar refractivity (Wildman–Crippen MR) is 241 cm³/mol. The molecule has 3 aromatic heterocycles. The molecule has 12 rings (SSSR count). The number of nitrogens with zero attached hydrogens (tertiary/aromatic N) is 3. The molecule has 3 heteroatoms. The highest BCUT2D eigenvalue weighted by atomic mass is 15.0. The van der Waals surface area contributed by atoms with Gasteiger partial charge in [-0.3, -0.25) is 0 Å². The van der Waals surface area contributed by atoms with E-state index >= 15 is 0 Å². The van der Waals surface area contributed by atoms with Gasteiger partial charge in [0, 0.05) is 55.3 Å². The Morgan fingerprint density at radius 2 is 0.860 bits per heavy atom. The number of para-hydroxylation sites is 3. The average molecular weight is 730 g/mol. The van der Waals surface area contributed by atoms with E-state index in [1.54, 1.807) is 0 Å². The number of allylic oxidation sites excluding steroid dienone is 5. The Balaban J connectivity index is 1.04. The van der Waals surface area contributed by atoms with E-state index in [4.69, 9.17) is 0 Å². The van der Waals surface area contributed by atoms with E-state index in [0.717, 1.165) is 25.7 Å². The molecule has 0 saturated carbocycles. The molecule has 0 fully saturated rings. The van der Waals surface area contributed by atoms with Gasteiger partial charge in [0.2, 0.25) is 0 Å². The second-order valence-electron chi connectivity index (χ2n) is 15.5. The van der Waals surface area contributed by atoms with Crippen LogP contribution >= 0.6 is 0 Å². The Morgan fingerprint density at radius 3 is 1.47 bits per heavy atom. The molecule has 0 unspecified atom stereocenters. The van der Waals surface area contributed by atoms with Gasteiger partial charge in [-0.1, -0.05) is 103 Å². The smallest absolute Gasteiger partial charge is 0.0541 e. The number of aromatic nitrogens is 3. The Kier molecular flexibility index (Phi) is 7.18.